The van der Waals surface area contributed by atoms with Crippen molar-refractivity contribution >= 4 is 21.7 Å². The van der Waals surface area contributed by atoms with E-state index in [-0.39, 0.29) is 22.7 Å². The van der Waals surface area contributed by atoms with Crippen LogP contribution in [-0.4, -0.2) is 38.2 Å². The van der Waals surface area contributed by atoms with E-state index < -0.39 is 29.2 Å². The van der Waals surface area contributed by atoms with Crippen molar-refractivity contribution in [2.45, 2.75) is 6.61 Å². The first-order valence-electron chi connectivity index (χ1n) is 5.84. The molecule has 0 amide bonds. The van der Waals surface area contributed by atoms with Crippen LogP contribution in [0.1, 0.15) is 5.56 Å². The van der Waals surface area contributed by atoms with E-state index >= 15 is 0 Å². The molecule has 0 spiro atoms. The molecule has 0 fully saturated rings. The molecule has 0 atom stereocenters. The van der Waals surface area contributed by atoms with Crippen molar-refractivity contribution in [1.82, 2.24) is 4.72 Å². The molecule has 0 radical (unpaired) electrons. The number of halogens is 2. The molecule has 1 heterocycles. The number of aliphatic hydroxyl groups excluding tert-OH is 1. The number of hydrogen-bond acceptors (Lipinski definition) is 5. The van der Waals surface area contributed by atoms with Gasteiger partial charge in [0, 0.05) is 5.56 Å². The number of ketones is 1. The van der Waals surface area contributed by atoms with Gasteiger partial charge < -0.3 is 9.84 Å². The van der Waals surface area contributed by atoms with Crippen LogP contribution in [0, 0.1) is 0 Å². The minimum absolute atomic E-state index is 0.143. The number of Topliss-reactive ketones (excluding diaryl/α,β-unsaturated/α-hetero) is 1. The van der Waals surface area contributed by atoms with Crippen molar-refractivity contribution in [2.75, 3.05) is 6.61 Å². The standard InChI is InChI=1S/C12H10F2N2O5S/c13-12(14)21-8-3-1-2-7(4-8)9-5-10(11(18)6-17)16-22(19,20)15-9/h1-5,12,16-17H,6H2. The Kier molecular flexibility index (Phi) is 4.52. The first-order chi connectivity index (χ1) is 10.3. The zero-order valence-electron chi connectivity index (χ0n) is 10.9. The molecular weight excluding hydrogens is 322 g/mol. The van der Waals surface area contributed by atoms with E-state index in [9.17, 15) is 22.0 Å². The fraction of sp³-hybridized carbons (Fsp3) is 0.167. The van der Waals surface area contributed by atoms with Gasteiger partial charge in [-0.05, 0) is 18.2 Å². The number of aliphatic hydroxyl groups is 1. The van der Waals surface area contributed by atoms with Gasteiger partial charge in [-0.1, -0.05) is 12.1 Å². The molecule has 0 aliphatic carbocycles. The summed E-state index contributed by atoms with van der Waals surface area (Å²) in [5.41, 5.74) is -0.352. The van der Waals surface area contributed by atoms with Gasteiger partial charge in [0.25, 0.3) is 0 Å². The second kappa shape index (κ2) is 6.20. The third kappa shape index (κ3) is 3.86. The van der Waals surface area contributed by atoms with Gasteiger partial charge in [-0.2, -0.15) is 17.2 Å². The van der Waals surface area contributed by atoms with Gasteiger partial charge in [0.1, 0.15) is 12.4 Å². The van der Waals surface area contributed by atoms with Crippen LogP contribution in [-0.2, 0) is 15.0 Å². The average molecular weight is 332 g/mol. The summed E-state index contributed by atoms with van der Waals surface area (Å²) in [7, 11) is -4.17. The number of carbonyl (C=O) groups excluding carboxylic acids is 1. The Morgan fingerprint density at radius 2 is 2.14 bits per heavy atom. The summed E-state index contributed by atoms with van der Waals surface area (Å²) >= 11 is 0. The summed E-state index contributed by atoms with van der Waals surface area (Å²) < 4.78 is 57.1. The number of nitrogens with zero attached hydrogens (tertiary/aromatic N) is 1. The van der Waals surface area contributed by atoms with Crippen molar-refractivity contribution in [3.63, 3.8) is 0 Å². The average Bonchev–Trinajstić information content (AvgIpc) is 2.44. The molecule has 1 aromatic rings. The summed E-state index contributed by atoms with van der Waals surface area (Å²) in [5.74, 6) is -1.04. The normalized spacial score (nSPS) is 16.5. The van der Waals surface area contributed by atoms with Gasteiger partial charge in [0.15, 0.2) is 0 Å². The lowest BCUT2D eigenvalue weighted by Gasteiger charge is -2.14. The Morgan fingerprint density at radius 1 is 1.41 bits per heavy atom. The molecule has 1 aromatic carbocycles. The fourth-order valence-corrected chi connectivity index (χ4v) is 2.59. The molecule has 0 bridgehead atoms. The SMILES string of the molecule is O=C(CO)C1=CC(c2cccc(OC(F)F)c2)=NS(=O)(=O)N1. The number of carbonyl (C=O) groups is 1. The molecular formula is C12H10F2N2O5S. The van der Waals surface area contributed by atoms with Crippen molar-refractivity contribution < 1.29 is 31.8 Å². The highest BCUT2D eigenvalue weighted by atomic mass is 32.2. The zero-order valence-corrected chi connectivity index (χ0v) is 11.7. The molecule has 118 valence electrons. The third-order valence-electron chi connectivity index (χ3n) is 2.54. The Morgan fingerprint density at radius 3 is 2.77 bits per heavy atom. The smallest absolute Gasteiger partial charge is 0.387 e. The highest BCUT2D eigenvalue weighted by molar-refractivity contribution is 7.88. The summed E-state index contributed by atoms with van der Waals surface area (Å²) in [6, 6.07) is 5.19. The van der Waals surface area contributed by atoms with E-state index in [1.54, 1.807) is 0 Å². The molecule has 0 aromatic heterocycles. The van der Waals surface area contributed by atoms with Crippen LogP contribution in [0.4, 0.5) is 8.78 Å². The Labute approximate surface area is 124 Å². The molecule has 2 rings (SSSR count). The zero-order chi connectivity index (χ0) is 16.3. The fourth-order valence-electron chi connectivity index (χ4n) is 1.67. The molecule has 0 saturated carbocycles. The van der Waals surface area contributed by atoms with Gasteiger partial charge in [0.05, 0.1) is 11.4 Å². The van der Waals surface area contributed by atoms with E-state index in [1.807, 2.05) is 4.72 Å². The van der Waals surface area contributed by atoms with Crippen LogP contribution < -0.4 is 9.46 Å². The maximum atomic E-state index is 12.2. The van der Waals surface area contributed by atoms with E-state index in [0.29, 0.717) is 0 Å². The number of benzene rings is 1. The summed E-state index contributed by atoms with van der Waals surface area (Å²) in [5, 5.41) is 8.79. The van der Waals surface area contributed by atoms with Crippen LogP contribution in [0.15, 0.2) is 40.4 Å². The molecule has 22 heavy (non-hydrogen) atoms. The first-order valence-corrected chi connectivity index (χ1v) is 7.28. The lowest BCUT2D eigenvalue weighted by atomic mass is 10.1. The molecule has 0 unspecified atom stereocenters. The van der Waals surface area contributed by atoms with Crippen LogP contribution in [0.2, 0.25) is 0 Å². The van der Waals surface area contributed by atoms with Crippen molar-refractivity contribution in [3.8, 4) is 5.75 Å². The third-order valence-corrected chi connectivity index (χ3v) is 3.45. The lowest BCUT2D eigenvalue weighted by molar-refractivity contribution is -0.118. The number of allylic oxidation sites excluding steroid dienone is 1. The van der Waals surface area contributed by atoms with Crippen molar-refractivity contribution in [1.29, 1.82) is 0 Å². The molecule has 1 aliphatic heterocycles. The van der Waals surface area contributed by atoms with E-state index in [1.165, 1.54) is 18.2 Å². The largest absolute Gasteiger partial charge is 0.435 e. The number of hydrogen-bond donors (Lipinski definition) is 2. The molecule has 0 saturated heterocycles. The van der Waals surface area contributed by atoms with E-state index in [4.69, 9.17) is 5.11 Å². The summed E-state index contributed by atoms with van der Waals surface area (Å²) in [4.78, 5) is 11.4. The van der Waals surface area contributed by atoms with Gasteiger partial charge in [-0.3, -0.25) is 9.52 Å². The lowest BCUT2D eigenvalue weighted by Crippen LogP contribution is -2.32. The van der Waals surface area contributed by atoms with Crippen LogP contribution in [0.25, 0.3) is 0 Å². The molecule has 10 heteroatoms. The van der Waals surface area contributed by atoms with Gasteiger partial charge in [-0.25, -0.2) is 0 Å². The quantitative estimate of drug-likeness (QED) is 0.810. The number of rotatable bonds is 5. The minimum atomic E-state index is -4.17. The molecule has 7 nitrogen and oxygen atoms in total. The Bertz CT molecular complexity index is 759. The van der Waals surface area contributed by atoms with Gasteiger partial charge >= 0.3 is 16.8 Å². The number of ether oxygens (including phenoxy) is 1. The van der Waals surface area contributed by atoms with Crippen LogP contribution in [0.3, 0.4) is 0 Å². The highest BCUT2D eigenvalue weighted by Gasteiger charge is 2.23. The molecule has 2 N–H and O–H groups in total. The first kappa shape index (κ1) is 16.0. The summed E-state index contributed by atoms with van der Waals surface area (Å²) in [6.07, 6.45) is 1.10. The van der Waals surface area contributed by atoms with Crippen LogP contribution in [0.5, 0.6) is 5.75 Å². The Balaban J connectivity index is 2.43. The van der Waals surface area contributed by atoms with E-state index in [0.717, 1.165) is 12.1 Å². The topological polar surface area (TPSA) is 105 Å². The van der Waals surface area contributed by atoms with Gasteiger partial charge in [0.2, 0.25) is 5.78 Å². The predicted molar refractivity (Wildman–Crippen MR) is 71.8 cm³/mol. The highest BCUT2D eigenvalue weighted by Crippen LogP contribution is 2.19. The summed E-state index contributed by atoms with van der Waals surface area (Å²) in [6.45, 7) is -3.92. The maximum absolute atomic E-state index is 12.2. The maximum Gasteiger partial charge on any atom is 0.387 e. The van der Waals surface area contributed by atoms with E-state index in [2.05, 4.69) is 9.13 Å². The second-order valence-corrected chi connectivity index (χ2v) is 5.44. The van der Waals surface area contributed by atoms with Gasteiger partial charge in [-0.15, -0.1) is 4.40 Å². The monoisotopic (exact) mass is 332 g/mol. The van der Waals surface area contributed by atoms with Crippen molar-refractivity contribution in [3.05, 3.63) is 41.6 Å². The number of alkyl halides is 2. The minimum Gasteiger partial charge on any atom is -0.435 e. The predicted octanol–water partition coefficient (Wildman–Crippen LogP) is 0.370. The number of nitrogens with one attached hydrogen (secondary N) is 1. The van der Waals surface area contributed by atoms with Crippen LogP contribution >= 0.6 is 0 Å². The molecule has 1 aliphatic rings. The second-order valence-electron chi connectivity index (χ2n) is 4.10. The Hall–Kier alpha value is -2.33. The van der Waals surface area contributed by atoms with Crippen molar-refractivity contribution in [2.24, 2.45) is 4.40 Å².